The molecule has 0 aromatic carbocycles. The molecule has 0 saturated heterocycles. The van der Waals surface area contributed by atoms with E-state index in [0.29, 0.717) is 0 Å². The number of alkyl carbamates (subject to hydrolysis) is 1. The van der Waals surface area contributed by atoms with Crippen LogP contribution in [0.15, 0.2) is 0 Å². The summed E-state index contributed by atoms with van der Waals surface area (Å²) in [6.07, 6.45) is -0.509. The van der Waals surface area contributed by atoms with Crippen molar-refractivity contribution in [3.05, 3.63) is 0 Å². The summed E-state index contributed by atoms with van der Waals surface area (Å²) in [6, 6.07) is -0.322. The van der Waals surface area contributed by atoms with Crippen molar-refractivity contribution in [2.24, 2.45) is 17.8 Å². The van der Waals surface area contributed by atoms with Gasteiger partial charge in [0.25, 0.3) is 0 Å². The molecule has 0 aliphatic heterocycles. The molecule has 0 saturated carbocycles. The molecule has 0 aliphatic rings. The van der Waals surface area contributed by atoms with Gasteiger partial charge in [-0.2, -0.15) is 0 Å². The first-order valence-corrected chi connectivity index (χ1v) is 7.07. The minimum atomic E-state index is -0.565. The van der Waals surface area contributed by atoms with Gasteiger partial charge in [-0.05, 0) is 32.6 Å². The molecule has 0 heterocycles. The number of carbonyl (C=O) groups is 2. The molecule has 2 atom stereocenters. The molecule has 0 fully saturated rings. The van der Waals surface area contributed by atoms with Crippen LogP contribution in [0.3, 0.4) is 0 Å². The van der Waals surface area contributed by atoms with E-state index in [1.165, 1.54) is 7.11 Å². The Hall–Kier alpha value is -1.26. The maximum Gasteiger partial charge on any atom is 0.407 e. The third-order valence-electron chi connectivity index (χ3n) is 2.98. The summed E-state index contributed by atoms with van der Waals surface area (Å²) in [5, 5.41) is 2.81. The predicted molar refractivity (Wildman–Crippen MR) is 78.3 cm³/mol. The lowest BCUT2D eigenvalue weighted by Crippen LogP contribution is -2.50. The highest BCUT2D eigenvalue weighted by Gasteiger charge is 2.35. The average molecular weight is 287 g/mol. The molecule has 0 radical (unpaired) electrons. The third-order valence-corrected chi connectivity index (χ3v) is 2.98. The molecule has 0 spiro atoms. The van der Waals surface area contributed by atoms with Gasteiger partial charge in [-0.15, -0.1) is 0 Å². The zero-order valence-corrected chi connectivity index (χ0v) is 13.9. The molecule has 5 nitrogen and oxygen atoms in total. The van der Waals surface area contributed by atoms with Gasteiger partial charge in [0.05, 0.1) is 13.0 Å². The Labute approximate surface area is 122 Å². The lowest BCUT2D eigenvalue weighted by Gasteiger charge is -2.32. The summed E-state index contributed by atoms with van der Waals surface area (Å²) in [7, 11) is 1.36. The van der Waals surface area contributed by atoms with Gasteiger partial charge >= 0.3 is 12.1 Å². The van der Waals surface area contributed by atoms with Crippen LogP contribution in [0.5, 0.6) is 0 Å². The van der Waals surface area contributed by atoms with E-state index >= 15 is 0 Å². The lowest BCUT2D eigenvalue weighted by atomic mass is 9.82. The zero-order chi connectivity index (χ0) is 16.1. The summed E-state index contributed by atoms with van der Waals surface area (Å²) in [5.41, 5.74) is -0.565. The first-order chi connectivity index (χ1) is 8.99. The number of esters is 1. The van der Waals surface area contributed by atoms with Crippen molar-refractivity contribution in [1.82, 2.24) is 5.32 Å². The quantitative estimate of drug-likeness (QED) is 0.789. The Balaban J connectivity index is 5.03. The summed E-state index contributed by atoms with van der Waals surface area (Å²) in [5.74, 6) is -0.555. The molecule has 5 heteroatoms. The van der Waals surface area contributed by atoms with Crippen LogP contribution in [0.2, 0.25) is 0 Å². The van der Waals surface area contributed by atoms with Gasteiger partial charge in [0, 0.05) is 6.04 Å². The standard InChI is InChI=1S/C15H29NO4/c1-9(2)11(13(17)19-8)12(10(3)4)16-14(18)20-15(5,6)7/h9-12H,1-8H3,(H,16,18). The van der Waals surface area contributed by atoms with Gasteiger partial charge in [-0.25, -0.2) is 4.79 Å². The van der Waals surface area contributed by atoms with Gasteiger partial charge in [0.2, 0.25) is 0 Å². The van der Waals surface area contributed by atoms with Gasteiger partial charge < -0.3 is 14.8 Å². The monoisotopic (exact) mass is 287 g/mol. The minimum Gasteiger partial charge on any atom is -0.469 e. The topological polar surface area (TPSA) is 64.6 Å². The van der Waals surface area contributed by atoms with E-state index in [9.17, 15) is 9.59 Å². The fourth-order valence-electron chi connectivity index (χ4n) is 2.08. The molecule has 1 N–H and O–H groups in total. The van der Waals surface area contributed by atoms with Crippen LogP contribution >= 0.6 is 0 Å². The van der Waals surface area contributed by atoms with Crippen molar-refractivity contribution >= 4 is 12.1 Å². The van der Waals surface area contributed by atoms with Gasteiger partial charge in [0.1, 0.15) is 5.60 Å². The zero-order valence-electron chi connectivity index (χ0n) is 13.9. The molecular formula is C15H29NO4. The van der Waals surface area contributed by atoms with E-state index < -0.39 is 17.6 Å². The molecule has 1 amide bonds. The van der Waals surface area contributed by atoms with Crippen molar-refractivity contribution in [3.8, 4) is 0 Å². The summed E-state index contributed by atoms with van der Waals surface area (Å²) < 4.78 is 10.1. The van der Waals surface area contributed by atoms with Crippen molar-refractivity contribution in [2.45, 2.75) is 60.1 Å². The Kier molecular flexibility index (Phi) is 7.03. The Morgan fingerprint density at radius 1 is 1.00 bits per heavy atom. The summed E-state index contributed by atoms with van der Waals surface area (Å²) in [6.45, 7) is 13.2. The minimum absolute atomic E-state index is 0.0600. The second kappa shape index (κ2) is 7.50. The number of amides is 1. The first-order valence-electron chi connectivity index (χ1n) is 7.07. The predicted octanol–water partition coefficient (Wildman–Crippen LogP) is 2.98. The van der Waals surface area contributed by atoms with Crippen molar-refractivity contribution < 1.29 is 19.1 Å². The van der Waals surface area contributed by atoms with Crippen LogP contribution in [0, 0.1) is 17.8 Å². The van der Waals surface area contributed by atoms with E-state index in [-0.39, 0.29) is 23.8 Å². The largest absolute Gasteiger partial charge is 0.469 e. The molecule has 118 valence electrons. The molecule has 0 aromatic heterocycles. The molecule has 20 heavy (non-hydrogen) atoms. The Morgan fingerprint density at radius 2 is 1.50 bits per heavy atom. The number of rotatable bonds is 5. The van der Waals surface area contributed by atoms with Crippen LogP contribution in [0.25, 0.3) is 0 Å². The highest BCUT2D eigenvalue weighted by molar-refractivity contribution is 5.75. The highest BCUT2D eigenvalue weighted by atomic mass is 16.6. The van der Waals surface area contributed by atoms with Crippen LogP contribution in [0.1, 0.15) is 48.5 Å². The lowest BCUT2D eigenvalue weighted by molar-refractivity contribution is -0.148. The van der Waals surface area contributed by atoms with Crippen LogP contribution in [0.4, 0.5) is 4.79 Å². The molecule has 0 aromatic rings. The number of carbonyl (C=O) groups excluding carboxylic acids is 2. The molecule has 0 aliphatic carbocycles. The van der Waals surface area contributed by atoms with Crippen LogP contribution in [-0.2, 0) is 14.3 Å². The molecule has 0 rings (SSSR count). The summed E-state index contributed by atoms with van der Waals surface area (Å²) in [4.78, 5) is 23.9. The van der Waals surface area contributed by atoms with E-state index in [1.807, 2.05) is 27.7 Å². The van der Waals surface area contributed by atoms with E-state index in [2.05, 4.69) is 5.32 Å². The summed E-state index contributed by atoms with van der Waals surface area (Å²) >= 11 is 0. The maximum atomic E-state index is 12.0. The smallest absolute Gasteiger partial charge is 0.407 e. The Morgan fingerprint density at radius 3 is 1.80 bits per heavy atom. The second-order valence-corrected chi connectivity index (χ2v) is 6.71. The van der Waals surface area contributed by atoms with E-state index in [1.54, 1.807) is 20.8 Å². The number of nitrogens with one attached hydrogen (secondary N) is 1. The molecule has 0 bridgehead atoms. The van der Waals surface area contributed by atoms with E-state index in [0.717, 1.165) is 0 Å². The van der Waals surface area contributed by atoms with Crippen molar-refractivity contribution in [2.75, 3.05) is 7.11 Å². The highest BCUT2D eigenvalue weighted by Crippen LogP contribution is 2.23. The van der Waals surface area contributed by atoms with E-state index in [4.69, 9.17) is 9.47 Å². The van der Waals surface area contributed by atoms with Gasteiger partial charge in [-0.1, -0.05) is 27.7 Å². The number of hydrogen-bond donors (Lipinski definition) is 1. The average Bonchev–Trinajstić information content (AvgIpc) is 2.24. The normalized spacial score (nSPS) is 14.9. The number of ether oxygens (including phenoxy) is 2. The number of methoxy groups -OCH3 is 1. The molecular weight excluding hydrogens is 258 g/mol. The third kappa shape index (κ3) is 6.26. The first kappa shape index (κ1) is 18.7. The van der Waals surface area contributed by atoms with Crippen molar-refractivity contribution in [1.29, 1.82) is 0 Å². The fourth-order valence-corrected chi connectivity index (χ4v) is 2.08. The maximum absolute atomic E-state index is 12.0. The van der Waals surface area contributed by atoms with Crippen LogP contribution in [-0.4, -0.2) is 30.8 Å². The second-order valence-electron chi connectivity index (χ2n) is 6.71. The Bertz CT molecular complexity index is 331. The van der Waals surface area contributed by atoms with Gasteiger partial charge in [0.15, 0.2) is 0 Å². The van der Waals surface area contributed by atoms with Crippen LogP contribution < -0.4 is 5.32 Å². The molecule has 2 unspecified atom stereocenters. The van der Waals surface area contributed by atoms with Crippen molar-refractivity contribution in [3.63, 3.8) is 0 Å². The fraction of sp³-hybridized carbons (Fsp3) is 0.867. The number of hydrogen-bond acceptors (Lipinski definition) is 4. The SMILES string of the molecule is COC(=O)C(C(C)C)C(NC(=O)OC(C)(C)C)C(C)C. The van der Waals surface area contributed by atoms with Gasteiger partial charge in [-0.3, -0.25) is 4.79 Å².